The van der Waals surface area contributed by atoms with Crippen molar-refractivity contribution in [3.63, 3.8) is 0 Å². The van der Waals surface area contributed by atoms with Crippen LogP contribution in [0, 0.1) is 6.92 Å². The lowest BCUT2D eigenvalue weighted by Crippen LogP contribution is -2.26. The lowest BCUT2D eigenvalue weighted by molar-refractivity contribution is 0.551. The minimum Gasteiger partial charge on any atom is -0.241 e. The highest BCUT2D eigenvalue weighted by Gasteiger charge is 2.23. The van der Waals surface area contributed by atoms with Gasteiger partial charge in [0.1, 0.15) is 5.01 Å². The molecule has 148 valence electrons. The molecule has 0 aliphatic carbocycles. The number of benzene rings is 2. The Labute approximate surface area is 167 Å². The number of rotatable bonds is 6. The van der Waals surface area contributed by atoms with E-state index in [1.54, 1.807) is 6.92 Å². The Morgan fingerprint density at radius 2 is 1.54 bits per heavy atom. The lowest BCUT2D eigenvalue weighted by Gasteiger charge is -2.13. The molecule has 1 aromatic heterocycles. The molecule has 1 atom stereocenters. The van der Waals surface area contributed by atoms with Gasteiger partial charge in [0.05, 0.1) is 21.5 Å². The highest BCUT2D eigenvalue weighted by molar-refractivity contribution is 7.89. The number of aryl methyl sites for hydroxylation is 1. The average Bonchev–Trinajstić information content (AvgIpc) is 3.03. The van der Waals surface area contributed by atoms with Gasteiger partial charge >= 0.3 is 10.2 Å². The second-order valence-corrected chi connectivity index (χ2v) is 10.2. The fourth-order valence-corrected chi connectivity index (χ4v) is 5.47. The molecule has 2 aromatic carbocycles. The van der Waals surface area contributed by atoms with Gasteiger partial charge in [-0.25, -0.2) is 18.1 Å². The molecule has 1 heterocycles. The number of aromatic nitrogens is 1. The van der Waals surface area contributed by atoms with Gasteiger partial charge in [0, 0.05) is 10.4 Å². The minimum atomic E-state index is -4.88. The second kappa shape index (κ2) is 7.70. The summed E-state index contributed by atoms with van der Waals surface area (Å²) in [7, 11) is -8.81. The molecule has 0 fully saturated rings. The molecule has 28 heavy (non-hydrogen) atoms. The Morgan fingerprint density at radius 3 is 2.11 bits per heavy atom. The van der Waals surface area contributed by atoms with Crippen LogP contribution in [0.3, 0.4) is 0 Å². The molecular weight excluding hydrogens is 423 g/mol. The van der Waals surface area contributed by atoms with Crippen LogP contribution >= 0.6 is 11.3 Å². The van der Waals surface area contributed by atoms with E-state index in [-0.39, 0.29) is 4.90 Å². The monoisotopic (exact) mass is 440 g/mol. The van der Waals surface area contributed by atoms with E-state index in [4.69, 9.17) is 0 Å². The third kappa shape index (κ3) is 4.46. The third-order valence-electron chi connectivity index (χ3n) is 3.99. The maximum absolute atomic E-state index is 13.0. The SMILES string of the molecule is Cc1nc(-c2ccccc2)sc1C(C)NS(=O)(=O)c1ccc(S(=O)(=O)F)cc1. The molecule has 3 aromatic rings. The van der Waals surface area contributed by atoms with Crippen LogP contribution < -0.4 is 4.72 Å². The summed E-state index contributed by atoms with van der Waals surface area (Å²) in [5.74, 6) is 0. The van der Waals surface area contributed by atoms with Crippen LogP contribution in [0.2, 0.25) is 0 Å². The van der Waals surface area contributed by atoms with Crippen LogP contribution in [0.1, 0.15) is 23.5 Å². The fraction of sp³-hybridized carbons (Fsp3) is 0.167. The first-order valence-corrected chi connectivity index (χ1v) is 11.9. The van der Waals surface area contributed by atoms with E-state index in [1.165, 1.54) is 11.3 Å². The zero-order chi connectivity index (χ0) is 20.5. The minimum absolute atomic E-state index is 0.155. The van der Waals surface area contributed by atoms with E-state index >= 15 is 0 Å². The molecule has 1 N–H and O–H groups in total. The van der Waals surface area contributed by atoms with E-state index < -0.39 is 31.2 Å². The van der Waals surface area contributed by atoms with Crippen LogP contribution in [0.4, 0.5) is 3.89 Å². The molecule has 3 rings (SSSR count). The maximum atomic E-state index is 13.0. The van der Waals surface area contributed by atoms with Gasteiger partial charge < -0.3 is 0 Å². The van der Waals surface area contributed by atoms with Crippen molar-refractivity contribution in [3.8, 4) is 10.6 Å². The van der Waals surface area contributed by atoms with E-state index in [0.29, 0.717) is 0 Å². The third-order valence-corrected chi connectivity index (χ3v) is 7.78. The van der Waals surface area contributed by atoms with Crippen molar-refractivity contribution < 1.29 is 20.7 Å². The quantitative estimate of drug-likeness (QED) is 0.588. The summed E-state index contributed by atoms with van der Waals surface area (Å²) >= 11 is 1.40. The molecule has 0 radical (unpaired) electrons. The Bertz CT molecular complexity index is 1190. The molecule has 0 amide bonds. The molecule has 0 bridgehead atoms. The van der Waals surface area contributed by atoms with Crippen LogP contribution in [0.15, 0.2) is 64.4 Å². The van der Waals surface area contributed by atoms with Gasteiger partial charge in [-0.1, -0.05) is 30.3 Å². The Balaban J connectivity index is 1.84. The Kier molecular flexibility index (Phi) is 5.67. The molecular formula is C18H17FN2O4S3. The van der Waals surface area contributed by atoms with Crippen molar-refractivity contribution in [1.82, 2.24) is 9.71 Å². The first-order valence-electron chi connectivity index (χ1n) is 8.18. The predicted octanol–water partition coefficient (Wildman–Crippen LogP) is 3.82. The first-order chi connectivity index (χ1) is 13.1. The Hall–Kier alpha value is -2.14. The normalized spacial score (nSPS) is 13.4. The van der Waals surface area contributed by atoms with Gasteiger partial charge in [0.25, 0.3) is 0 Å². The number of nitrogens with one attached hydrogen (secondary N) is 1. The molecule has 1 unspecified atom stereocenters. The highest BCUT2D eigenvalue weighted by atomic mass is 32.3. The van der Waals surface area contributed by atoms with Gasteiger partial charge in [0.15, 0.2) is 0 Å². The molecule has 0 aliphatic heterocycles. The van der Waals surface area contributed by atoms with Crippen molar-refractivity contribution in [2.75, 3.05) is 0 Å². The molecule has 6 nitrogen and oxygen atoms in total. The van der Waals surface area contributed by atoms with E-state index in [1.807, 2.05) is 37.3 Å². The topological polar surface area (TPSA) is 93.2 Å². The van der Waals surface area contributed by atoms with E-state index in [2.05, 4.69) is 9.71 Å². The summed E-state index contributed by atoms with van der Waals surface area (Å²) in [5, 5.41) is 0.789. The summed E-state index contributed by atoms with van der Waals surface area (Å²) < 4.78 is 62.5. The van der Waals surface area contributed by atoms with Crippen molar-refractivity contribution in [1.29, 1.82) is 0 Å². The van der Waals surface area contributed by atoms with Gasteiger partial charge in [-0.2, -0.15) is 8.42 Å². The summed E-state index contributed by atoms with van der Waals surface area (Å²) in [6.45, 7) is 3.51. The number of hydrogen-bond donors (Lipinski definition) is 1. The lowest BCUT2D eigenvalue weighted by atomic mass is 10.2. The van der Waals surface area contributed by atoms with Crippen LogP contribution in [0.5, 0.6) is 0 Å². The van der Waals surface area contributed by atoms with Crippen molar-refractivity contribution in [3.05, 3.63) is 65.2 Å². The van der Waals surface area contributed by atoms with Crippen LogP contribution in [0.25, 0.3) is 10.6 Å². The number of hydrogen-bond acceptors (Lipinski definition) is 6. The molecule has 0 aliphatic rings. The van der Waals surface area contributed by atoms with E-state index in [9.17, 15) is 20.7 Å². The number of nitrogens with zero attached hydrogens (tertiary/aromatic N) is 1. The summed E-state index contributed by atoms with van der Waals surface area (Å²) in [4.78, 5) is 4.54. The number of thiazole rings is 1. The maximum Gasteiger partial charge on any atom is 0.332 e. The summed E-state index contributed by atoms with van der Waals surface area (Å²) in [6, 6.07) is 12.9. The number of halogens is 1. The zero-order valence-electron chi connectivity index (χ0n) is 15.0. The van der Waals surface area contributed by atoms with Gasteiger partial charge in [0.2, 0.25) is 10.0 Å². The Morgan fingerprint density at radius 1 is 0.964 bits per heavy atom. The zero-order valence-corrected chi connectivity index (χ0v) is 17.4. The smallest absolute Gasteiger partial charge is 0.241 e. The second-order valence-electron chi connectivity index (χ2n) is 6.09. The molecule has 10 heteroatoms. The van der Waals surface area contributed by atoms with E-state index in [0.717, 1.165) is 45.4 Å². The van der Waals surface area contributed by atoms with Crippen molar-refractivity contribution in [2.24, 2.45) is 0 Å². The number of sulfonamides is 1. The highest BCUT2D eigenvalue weighted by Crippen LogP contribution is 2.32. The largest absolute Gasteiger partial charge is 0.332 e. The van der Waals surface area contributed by atoms with Crippen molar-refractivity contribution in [2.45, 2.75) is 29.7 Å². The summed E-state index contributed by atoms with van der Waals surface area (Å²) in [5.41, 5.74) is 1.66. The molecule has 0 spiro atoms. The molecule has 0 saturated carbocycles. The van der Waals surface area contributed by atoms with Crippen LogP contribution in [-0.2, 0) is 20.2 Å². The van der Waals surface area contributed by atoms with Gasteiger partial charge in [-0.15, -0.1) is 15.2 Å². The predicted molar refractivity (Wildman–Crippen MR) is 106 cm³/mol. The standard InChI is InChI=1S/C18H17FN2O4S3/c1-12-17(26-18(20-12)14-6-4-3-5-7-14)13(2)21-28(24,25)16-10-8-15(9-11-16)27(19,22)23/h3-11,13,21H,1-2H3. The van der Waals surface area contributed by atoms with Gasteiger partial charge in [-0.05, 0) is 38.1 Å². The average molecular weight is 441 g/mol. The summed E-state index contributed by atoms with van der Waals surface area (Å²) in [6.07, 6.45) is 0. The first kappa shape index (κ1) is 20.6. The molecule has 0 saturated heterocycles. The van der Waals surface area contributed by atoms with Crippen molar-refractivity contribution >= 4 is 31.6 Å². The van der Waals surface area contributed by atoms with Gasteiger partial charge in [-0.3, -0.25) is 0 Å². The van der Waals surface area contributed by atoms with Crippen LogP contribution in [-0.4, -0.2) is 21.8 Å². The fourth-order valence-electron chi connectivity index (χ4n) is 2.65.